The largest absolute Gasteiger partial charge is 0.398 e. The van der Waals surface area contributed by atoms with E-state index < -0.39 is 10.0 Å². The van der Waals surface area contributed by atoms with Gasteiger partial charge in [0.25, 0.3) is 0 Å². The Kier molecular flexibility index (Phi) is 4.39. The fourth-order valence-corrected chi connectivity index (χ4v) is 4.79. The first kappa shape index (κ1) is 15.3. The van der Waals surface area contributed by atoms with E-state index in [0.29, 0.717) is 28.0 Å². The second-order valence-electron chi connectivity index (χ2n) is 6.21. The second kappa shape index (κ2) is 5.74. The molecule has 3 N–H and O–H groups in total. The van der Waals surface area contributed by atoms with Crippen molar-refractivity contribution < 1.29 is 8.42 Å². The van der Waals surface area contributed by atoms with Crippen LogP contribution < -0.4 is 10.5 Å². The third-order valence-electron chi connectivity index (χ3n) is 4.12. The third kappa shape index (κ3) is 3.33. The molecule has 0 aliphatic heterocycles. The first-order valence-corrected chi connectivity index (χ1v) is 8.65. The summed E-state index contributed by atoms with van der Waals surface area (Å²) in [6.45, 7) is 6.11. The van der Waals surface area contributed by atoms with E-state index in [0.717, 1.165) is 12.8 Å². The first-order chi connectivity index (χ1) is 9.29. The summed E-state index contributed by atoms with van der Waals surface area (Å²) < 4.78 is 27.9. The molecule has 2 unspecified atom stereocenters. The van der Waals surface area contributed by atoms with Gasteiger partial charge in [-0.2, -0.15) is 0 Å². The van der Waals surface area contributed by atoms with E-state index in [-0.39, 0.29) is 6.04 Å². The van der Waals surface area contributed by atoms with Crippen molar-refractivity contribution in [1.82, 2.24) is 4.72 Å². The zero-order valence-corrected chi connectivity index (χ0v) is 13.2. The van der Waals surface area contributed by atoms with Gasteiger partial charge in [-0.25, -0.2) is 13.1 Å². The summed E-state index contributed by atoms with van der Waals surface area (Å²) in [6.07, 6.45) is 2.99. The summed E-state index contributed by atoms with van der Waals surface area (Å²) in [5.41, 5.74) is 6.94. The highest BCUT2D eigenvalue weighted by Gasteiger charge is 2.28. The Bertz CT molecular complexity index is 574. The van der Waals surface area contributed by atoms with Gasteiger partial charge in [0.05, 0.1) is 4.90 Å². The average molecular weight is 296 g/mol. The monoisotopic (exact) mass is 296 g/mol. The van der Waals surface area contributed by atoms with Crippen molar-refractivity contribution in [3.8, 4) is 0 Å². The van der Waals surface area contributed by atoms with E-state index in [1.54, 1.807) is 25.1 Å². The number of benzene rings is 1. The first-order valence-electron chi connectivity index (χ1n) is 7.17. The number of hydrogen-bond donors (Lipinski definition) is 2. The molecule has 1 aromatic rings. The Balaban J connectivity index is 2.21. The summed E-state index contributed by atoms with van der Waals surface area (Å²) in [6, 6.07) is 5.05. The highest BCUT2D eigenvalue weighted by Crippen LogP contribution is 2.30. The maximum absolute atomic E-state index is 12.5. The topological polar surface area (TPSA) is 72.2 Å². The molecule has 20 heavy (non-hydrogen) atoms. The summed E-state index contributed by atoms with van der Waals surface area (Å²) in [5, 5.41) is 0. The molecule has 2 rings (SSSR count). The lowest BCUT2D eigenvalue weighted by Gasteiger charge is -2.31. The molecule has 1 aliphatic rings. The SMILES string of the molecule is Cc1c(N)cccc1S(=O)(=O)NC1CC(C)CC(C)C1. The molecule has 2 atom stereocenters. The zero-order valence-electron chi connectivity index (χ0n) is 12.4. The van der Waals surface area contributed by atoms with E-state index in [1.807, 2.05) is 0 Å². The number of nitrogen functional groups attached to an aromatic ring is 1. The lowest BCUT2D eigenvalue weighted by Crippen LogP contribution is -2.40. The predicted molar refractivity (Wildman–Crippen MR) is 81.9 cm³/mol. The molecular formula is C15H24N2O2S. The number of nitrogens with two attached hydrogens (primary N) is 1. The number of sulfonamides is 1. The van der Waals surface area contributed by atoms with Gasteiger partial charge in [0.2, 0.25) is 10.0 Å². The molecule has 0 heterocycles. The highest BCUT2D eigenvalue weighted by molar-refractivity contribution is 7.89. The molecule has 0 radical (unpaired) electrons. The fraction of sp³-hybridized carbons (Fsp3) is 0.600. The molecule has 4 nitrogen and oxygen atoms in total. The van der Waals surface area contributed by atoms with Crippen molar-refractivity contribution in [2.75, 3.05) is 5.73 Å². The Morgan fingerprint density at radius 3 is 2.35 bits per heavy atom. The van der Waals surface area contributed by atoms with Crippen LogP contribution in [0, 0.1) is 18.8 Å². The van der Waals surface area contributed by atoms with Crippen molar-refractivity contribution in [1.29, 1.82) is 0 Å². The van der Waals surface area contributed by atoms with Crippen molar-refractivity contribution >= 4 is 15.7 Å². The summed E-state index contributed by atoms with van der Waals surface area (Å²) in [5.74, 6) is 1.13. The molecule has 0 saturated heterocycles. The maximum Gasteiger partial charge on any atom is 0.241 e. The van der Waals surface area contributed by atoms with Gasteiger partial charge in [-0.3, -0.25) is 0 Å². The Hall–Kier alpha value is -1.07. The van der Waals surface area contributed by atoms with Gasteiger partial charge in [0.15, 0.2) is 0 Å². The number of rotatable bonds is 3. The van der Waals surface area contributed by atoms with E-state index in [9.17, 15) is 8.42 Å². The summed E-state index contributed by atoms with van der Waals surface area (Å²) >= 11 is 0. The van der Waals surface area contributed by atoms with Gasteiger partial charge in [-0.1, -0.05) is 19.9 Å². The van der Waals surface area contributed by atoms with Gasteiger partial charge in [-0.15, -0.1) is 0 Å². The van der Waals surface area contributed by atoms with Crippen LogP contribution in [0.15, 0.2) is 23.1 Å². The van der Waals surface area contributed by atoms with Gasteiger partial charge in [0.1, 0.15) is 0 Å². The minimum atomic E-state index is -3.49. The molecule has 1 aliphatic carbocycles. The summed E-state index contributed by atoms with van der Waals surface area (Å²) in [7, 11) is -3.49. The van der Waals surface area contributed by atoms with Crippen LogP contribution in [0.4, 0.5) is 5.69 Å². The Morgan fingerprint density at radius 1 is 1.15 bits per heavy atom. The van der Waals surface area contributed by atoms with Crippen molar-refractivity contribution in [2.24, 2.45) is 11.8 Å². The molecule has 0 bridgehead atoms. The molecule has 112 valence electrons. The molecule has 0 aromatic heterocycles. The molecule has 1 saturated carbocycles. The lowest BCUT2D eigenvalue weighted by molar-refractivity contribution is 0.257. The van der Waals surface area contributed by atoms with Crippen LogP contribution in [0.1, 0.15) is 38.7 Å². The summed E-state index contributed by atoms with van der Waals surface area (Å²) in [4.78, 5) is 0.295. The van der Waals surface area contributed by atoms with Crippen LogP contribution in [-0.2, 0) is 10.0 Å². The lowest BCUT2D eigenvalue weighted by atomic mass is 9.81. The normalized spacial score (nSPS) is 27.4. The molecular weight excluding hydrogens is 272 g/mol. The van der Waals surface area contributed by atoms with Crippen LogP contribution in [0.5, 0.6) is 0 Å². The smallest absolute Gasteiger partial charge is 0.241 e. The molecule has 5 heteroatoms. The van der Waals surface area contributed by atoms with Crippen molar-refractivity contribution in [3.05, 3.63) is 23.8 Å². The number of anilines is 1. The van der Waals surface area contributed by atoms with Crippen LogP contribution in [0.2, 0.25) is 0 Å². The van der Waals surface area contributed by atoms with E-state index in [4.69, 9.17) is 5.73 Å². The molecule has 1 aromatic carbocycles. The maximum atomic E-state index is 12.5. The molecule has 1 fully saturated rings. The minimum absolute atomic E-state index is 0.0274. The van der Waals surface area contributed by atoms with Gasteiger partial charge in [-0.05, 0) is 55.7 Å². The van der Waals surface area contributed by atoms with E-state index >= 15 is 0 Å². The van der Waals surface area contributed by atoms with Crippen molar-refractivity contribution in [3.63, 3.8) is 0 Å². The van der Waals surface area contributed by atoms with E-state index in [1.165, 1.54) is 6.42 Å². The predicted octanol–water partition coefficient (Wildman–Crippen LogP) is 2.68. The van der Waals surface area contributed by atoms with Crippen LogP contribution in [0.3, 0.4) is 0 Å². The number of hydrogen-bond acceptors (Lipinski definition) is 3. The average Bonchev–Trinajstić information content (AvgIpc) is 2.30. The van der Waals surface area contributed by atoms with E-state index in [2.05, 4.69) is 18.6 Å². The second-order valence-corrected chi connectivity index (χ2v) is 7.89. The van der Waals surface area contributed by atoms with Gasteiger partial charge >= 0.3 is 0 Å². The Morgan fingerprint density at radius 2 is 1.75 bits per heavy atom. The standard InChI is InChI=1S/C15H24N2O2S/c1-10-7-11(2)9-13(8-10)17-20(18,19)15-6-4-5-14(16)12(15)3/h4-6,10-11,13,17H,7-9,16H2,1-3H3. The molecule has 0 spiro atoms. The Labute approximate surface area is 121 Å². The van der Waals surface area contributed by atoms with Crippen LogP contribution in [0.25, 0.3) is 0 Å². The zero-order chi connectivity index (χ0) is 14.9. The van der Waals surface area contributed by atoms with Crippen LogP contribution in [-0.4, -0.2) is 14.5 Å². The van der Waals surface area contributed by atoms with Gasteiger partial charge in [0, 0.05) is 11.7 Å². The van der Waals surface area contributed by atoms with Crippen LogP contribution >= 0.6 is 0 Å². The molecule has 0 amide bonds. The van der Waals surface area contributed by atoms with Crippen molar-refractivity contribution in [2.45, 2.75) is 51.0 Å². The fourth-order valence-electron chi connectivity index (χ4n) is 3.25. The quantitative estimate of drug-likeness (QED) is 0.842. The third-order valence-corrected chi connectivity index (χ3v) is 5.78. The van der Waals surface area contributed by atoms with Gasteiger partial charge < -0.3 is 5.73 Å². The minimum Gasteiger partial charge on any atom is -0.398 e. The highest BCUT2D eigenvalue weighted by atomic mass is 32.2. The number of nitrogens with one attached hydrogen (secondary N) is 1.